The molecule has 0 bridgehead atoms. The highest BCUT2D eigenvalue weighted by atomic mass is 16.7. The summed E-state index contributed by atoms with van der Waals surface area (Å²) in [5.41, 5.74) is 1.78. The third-order valence-electron chi connectivity index (χ3n) is 3.61. The Balaban J connectivity index is 1.93. The largest absolute Gasteiger partial charge is 0.348 e. The number of nitrogens with zero attached hydrogens (tertiary/aromatic N) is 1. The summed E-state index contributed by atoms with van der Waals surface area (Å²) in [6.45, 7) is 5.89. The third kappa shape index (κ3) is 3.56. The molecule has 3 nitrogen and oxygen atoms in total. The van der Waals surface area contributed by atoms with E-state index < -0.39 is 0 Å². The van der Waals surface area contributed by atoms with Gasteiger partial charge in [0.2, 0.25) is 0 Å². The van der Waals surface area contributed by atoms with Crippen LogP contribution in [0, 0.1) is 16.7 Å². The molecule has 1 fully saturated rings. The maximum atomic E-state index is 8.78. The summed E-state index contributed by atoms with van der Waals surface area (Å²) in [6.07, 6.45) is 3.27. The Morgan fingerprint density at radius 2 is 1.89 bits per heavy atom. The van der Waals surface area contributed by atoms with Gasteiger partial charge in [0.05, 0.1) is 24.8 Å². The number of nitriles is 1. The van der Waals surface area contributed by atoms with Crippen LogP contribution in [-0.4, -0.2) is 13.2 Å². The minimum Gasteiger partial charge on any atom is -0.348 e. The molecule has 0 amide bonds. The summed E-state index contributed by atoms with van der Waals surface area (Å²) >= 11 is 0. The van der Waals surface area contributed by atoms with Gasteiger partial charge >= 0.3 is 0 Å². The molecule has 0 aliphatic carbocycles. The van der Waals surface area contributed by atoms with E-state index in [-0.39, 0.29) is 11.7 Å². The van der Waals surface area contributed by atoms with Crippen LogP contribution in [0.1, 0.15) is 50.5 Å². The fourth-order valence-electron chi connectivity index (χ4n) is 2.30. The highest BCUT2D eigenvalue weighted by molar-refractivity contribution is 5.32. The number of benzene rings is 1. The van der Waals surface area contributed by atoms with Gasteiger partial charge in [-0.15, -0.1) is 0 Å². The number of ether oxygens (including phenoxy) is 2. The second kappa shape index (κ2) is 6.18. The zero-order valence-electron chi connectivity index (χ0n) is 11.7. The Labute approximate surface area is 115 Å². The molecule has 0 atom stereocenters. The van der Waals surface area contributed by atoms with Crippen molar-refractivity contribution in [2.45, 2.75) is 39.4 Å². The third-order valence-corrected chi connectivity index (χ3v) is 3.61. The number of hydrogen-bond donors (Lipinski definition) is 0. The summed E-state index contributed by atoms with van der Waals surface area (Å²) in [5, 5.41) is 8.78. The first-order chi connectivity index (χ1) is 9.17. The lowest BCUT2D eigenvalue weighted by molar-refractivity contribution is -0.231. The Bertz CT molecular complexity index is 439. The van der Waals surface area contributed by atoms with Crippen molar-refractivity contribution in [3.05, 3.63) is 35.4 Å². The lowest BCUT2D eigenvalue weighted by Crippen LogP contribution is -2.36. The van der Waals surface area contributed by atoms with E-state index in [0.29, 0.717) is 5.56 Å². The van der Waals surface area contributed by atoms with Crippen molar-refractivity contribution in [3.63, 3.8) is 0 Å². The predicted octanol–water partition coefficient (Wildman–Crippen LogP) is 3.80. The molecule has 0 N–H and O–H groups in total. The fraction of sp³-hybridized carbons (Fsp3) is 0.562. The van der Waals surface area contributed by atoms with Gasteiger partial charge < -0.3 is 9.47 Å². The molecule has 2 rings (SSSR count). The lowest BCUT2D eigenvalue weighted by atomic mass is 9.86. The van der Waals surface area contributed by atoms with E-state index in [1.165, 1.54) is 12.8 Å². The van der Waals surface area contributed by atoms with Crippen molar-refractivity contribution in [3.8, 4) is 6.07 Å². The lowest BCUT2D eigenvalue weighted by Gasteiger charge is -2.37. The fourth-order valence-corrected chi connectivity index (χ4v) is 2.30. The minimum absolute atomic E-state index is 0.138. The van der Waals surface area contributed by atoms with Crippen molar-refractivity contribution in [2.24, 2.45) is 5.41 Å². The van der Waals surface area contributed by atoms with Crippen LogP contribution in [0.3, 0.4) is 0 Å². The van der Waals surface area contributed by atoms with Gasteiger partial charge in [0.1, 0.15) is 0 Å². The van der Waals surface area contributed by atoms with E-state index >= 15 is 0 Å². The molecule has 1 saturated heterocycles. The Hall–Kier alpha value is -1.37. The second-order valence-corrected chi connectivity index (χ2v) is 5.60. The molecule has 19 heavy (non-hydrogen) atoms. The summed E-state index contributed by atoms with van der Waals surface area (Å²) in [6, 6.07) is 9.51. The Kier molecular flexibility index (Phi) is 4.57. The zero-order valence-corrected chi connectivity index (χ0v) is 11.7. The first kappa shape index (κ1) is 14.0. The molecule has 1 aliphatic rings. The van der Waals surface area contributed by atoms with Gasteiger partial charge in [-0.2, -0.15) is 5.26 Å². The molecule has 0 aromatic heterocycles. The van der Waals surface area contributed by atoms with Gasteiger partial charge in [0.15, 0.2) is 6.29 Å². The number of rotatable bonds is 4. The van der Waals surface area contributed by atoms with E-state index in [0.717, 1.165) is 25.2 Å². The first-order valence-electron chi connectivity index (χ1n) is 6.90. The molecule has 1 aromatic carbocycles. The van der Waals surface area contributed by atoms with Crippen LogP contribution < -0.4 is 0 Å². The quantitative estimate of drug-likeness (QED) is 0.826. The molecule has 3 heteroatoms. The van der Waals surface area contributed by atoms with Gasteiger partial charge in [-0.1, -0.05) is 38.8 Å². The van der Waals surface area contributed by atoms with Crippen LogP contribution in [0.15, 0.2) is 24.3 Å². The van der Waals surface area contributed by atoms with Crippen molar-refractivity contribution in [1.82, 2.24) is 0 Å². The van der Waals surface area contributed by atoms with Gasteiger partial charge in [0.25, 0.3) is 0 Å². The first-order valence-corrected chi connectivity index (χ1v) is 6.90. The van der Waals surface area contributed by atoms with Gasteiger partial charge in [-0.05, 0) is 18.6 Å². The van der Waals surface area contributed by atoms with E-state index in [1.54, 1.807) is 12.1 Å². The van der Waals surface area contributed by atoms with E-state index in [2.05, 4.69) is 19.9 Å². The molecular weight excluding hydrogens is 238 g/mol. The van der Waals surface area contributed by atoms with Gasteiger partial charge in [0, 0.05) is 11.0 Å². The van der Waals surface area contributed by atoms with Crippen molar-refractivity contribution >= 4 is 0 Å². The van der Waals surface area contributed by atoms with Crippen molar-refractivity contribution in [2.75, 3.05) is 13.2 Å². The summed E-state index contributed by atoms with van der Waals surface area (Å²) < 4.78 is 11.7. The van der Waals surface area contributed by atoms with E-state index in [9.17, 15) is 0 Å². The van der Waals surface area contributed by atoms with Crippen LogP contribution in [0.4, 0.5) is 0 Å². The maximum absolute atomic E-state index is 8.78. The van der Waals surface area contributed by atoms with Gasteiger partial charge in [-0.25, -0.2) is 0 Å². The molecule has 0 saturated carbocycles. The monoisotopic (exact) mass is 259 g/mol. The zero-order chi connectivity index (χ0) is 13.7. The van der Waals surface area contributed by atoms with Crippen molar-refractivity contribution in [1.29, 1.82) is 5.26 Å². The molecule has 1 heterocycles. The van der Waals surface area contributed by atoms with Crippen LogP contribution in [0.2, 0.25) is 0 Å². The number of unbranched alkanes of at least 4 members (excludes halogenated alkanes) is 1. The van der Waals surface area contributed by atoms with Crippen LogP contribution in [0.5, 0.6) is 0 Å². The maximum Gasteiger partial charge on any atom is 0.183 e. The number of hydrogen-bond acceptors (Lipinski definition) is 3. The SMILES string of the molecule is CCCCC1(C)COC(c2ccc(C#N)cc2)OC1. The summed E-state index contributed by atoms with van der Waals surface area (Å²) in [7, 11) is 0. The van der Waals surface area contributed by atoms with E-state index in [1.807, 2.05) is 12.1 Å². The molecule has 1 aromatic rings. The minimum atomic E-state index is -0.289. The Morgan fingerprint density at radius 3 is 2.42 bits per heavy atom. The molecule has 1 aliphatic heterocycles. The highest BCUT2D eigenvalue weighted by Crippen LogP contribution is 2.34. The molecule has 0 spiro atoms. The Morgan fingerprint density at radius 1 is 1.26 bits per heavy atom. The second-order valence-electron chi connectivity index (χ2n) is 5.60. The average Bonchev–Trinajstić information content (AvgIpc) is 2.46. The van der Waals surface area contributed by atoms with Crippen LogP contribution in [0.25, 0.3) is 0 Å². The van der Waals surface area contributed by atoms with Gasteiger partial charge in [-0.3, -0.25) is 0 Å². The normalized spacial score (nSPS) is 26.9. The standard InChI is InChI=1S/C16H21NO2/c1-3-4-9-16(2)11-18-15(19-12-16)14-7-5-13(10-17)6-8-14/h5-8,15H,3-4,9,11-12H2,1-2H3. The van der Waals surface area contributed by atoms with Crippen LogP contribution in [-0.2, 0) is 9.47 Å². The average molecular weight is 259 g/mol. The molecule has 102 valence electrons. The van der Waals surface area contributed by atoms with Crippen LogP contribution >= 0.6 is 0 Å². The smallest absolute Gasteiger partial charge is 0.183 e. The predicted molar refractivity (Wildman–Crippen MR) is 73.4 cm³/mol. The summed E-state index contributed by atoms with van der Waals surface area (Å²) in [4.78, 5) is 0. The topological polar surface area (TPSA) is 42.2 Å². The highest BCUT2D eigenvalue weighted by Gasteiger charge is 2.32. The molecular formula is C16H21NO2. The van der Waals surface area contributed by atoms with E-state index in [4.69, 9.17) is 14.7 Å². The summed E-state index contributed by atoms with van der Waals surface area (Å²) in [5.74, 6) is 0. The molecule has 0 radical (unpaired) electrons. The molecule has 0 unspecified atom stereocenters. The van der Waals surface area contributed by atoms with Crippen molar-refractivity contribution < 1.29 is 9.47 Å².